The van der Waals surface area contributed by atoms with Gasteiger partial charge in [0.05, 0.1) is 23.6 Å². The van der Waals surface area contributed by atoms with E-state index in [1.54, 1.807) is 16.2 Å². The summed E-state index contributed by atoms with van der Waals surface area (Å²) in [6.45, 7) is 3.06. The monoisotopic (exact) mass is 297 g/mol. The summed E-state index contributed by atoms with van der Waals surface area (Å²) < 4.78 is 0. The lowest BCUT2D eigenvalue weighted by molar-refractivity contribution is -0.0858. The summed E-state index contributed by atoms with van der Waals surface area (Å²) in [7, 11) is 0. The fourth-order valence-electron chi connectivity index (χ4n) is 2.84. The van der Waals surface area contributed by atoms with E-state index in [0.717, 1.165) is 29.9 Å². The Morgan fingerprint density at radius 2 is 2.32 bits per heavy atom. The predicted octanol–water partition coefficient (Wildman–Crippen LogP) is 2.52. The second-order valence-electron chi connectivity index (χ2n) is 5.50. The lowest BCUT2D eigenvalue weighted by Crippen LogP contribution is -2.63. The summed E-state index contributed by atoms with van der Waals surface area (Å²) in [6.07, 6.45) is 2.84. The smallest absolute Gasteiger partial charge is 0.264 e. The molecule has 1 aromatic heterocycles. The van der Waals surface area contributed by atoms with Crippen molar-refractivity contribution in [3.63, 3.8) is 0 Å². The van der Waals surface area contributed by atoms with Gasteiger partial charge in [-0.25, -0.2) is 0 Å². The van der Waals surface area contributed by atoms with Crippen molar-refractivity contribution in [3.8, 4) is 0 Å². The van der Waals surface area contributed by atoms with Gasteiger partial charge in [0, 0.05) is 10.6 Å². The highest BCUT2D eigenvalue weighted by Gasteiger charge is 2.43. The second kappa shape index (κ2) is 5.11. The van der Waals surface area contributed by atoms with Gasteiger partial charge in [-0.3, -0.25) is 4.79 Å². The fraction of sp³-hybridized carbons (Fsp3) is 0.643. The molecule has 0 unspecified atom stereocenters. The molecule has 3 rings (SSSR count). The third kappa shape index (κ3) is 2.56. The highest BCUT2D eigenvalue weighted by atomic mass is 32.2. The van der Waals surface area contributed by atoms with Crippen molar-refractivity contribution in [2.45, 2.75) is 37.5 Å². The number of amides is 1. The highest BCUT2D eigenvalue weighted by Crippen LogP contribution is 2.34. The number of nitrogens with zero attached hydrogens (tertiary/aromatic N) is 1. The van der Waals surface area contributed by atoms with Crippen LogP contribution >= 0.6 is 23.1 Å². The van der Waals surface area contributed by atoms with Gasteiger partial charge in [-0.2, -0.15) is 11.8 Å². The number of fused-ring (bicyclic) bond motifs is 1. The maximum absolute atomic E-state index is 12.4. The number of hydrogen-bond donors (Lipinski definition) is 1. The summed E-state index contributed by atoms with van der Waals surface area (Å²) in [6, 6.07) is 2.06. The molecular formula is C14H19NO2S2. The Labute approximate surface area is 122 Å². The van der Waals surface area contributed by atoms with E-state index in [1.165, 1.54) is 16.2 Å². The molecule has 0 atom stereocenters. The molecule has 3 nitrogen and oxygen atoms in total. The number of likely N-dealkylation sites (tertiary alicyclic amines) is 1. The molecule has 0 radical (unpaired) electrons. The number of carbonyl (C=O) groups excluding carboxylic acids is 1. The van der Waals surface area contributed by atoms with Crippen LogP contribution in [-0.2, 0) is 12.2 Å². The topological polar surface area (TPSA) is 40.5 Å². The van der Waals surface area contributed by atoms with Crippen LogP contribution in [0.1, 0.15) is 39.9 Å². The van der Waals surface area contributed by atoms with Gasteiger partial charge < -0.3 is 10.0 Å². The number of hydrogen-bond acceptors (Lipinski definition) is 4. The van der Waals surface area contributed by atoms with Crippen LogP contribution in [0.2, 0.25) is 0 Å². The van der Waals surface area contributed by atoms with E-state index in [-0.39, 0.29) is 5.91 Å². The third-order valence-corrected chi connectivity index (χ3v) is 6.04. The molecule has 3 heterocycles. The van der Waals surface area contributed by atoms with Gasteiger partial charge >= 0.3 is 0 Å². The molecule has 1 fully saturated rings. The Kier molecular flexibility index (Phi) is 3.62. The summed E-state index contributed by atoms with van der Waals surface area (Å²) >= 11 is 3.59. The Morgan fingerprint density at radius 1 is 1.53 bits per heavy atom. The molecule has 104 valence electrons. The molecule has 1 N–H and O–H groups in total. The van der Waals surface area contributed by atoms with Crippen LogP contribution in [0, 0.1) is 0 Å². The van der Waals surface area contributed by atoms with Crippen molar-refractivity contribution >= 4 is 29.0 Å². The lowest BCUT2D eigenvalue weighted by atomic mass is 9.89. The number of rotatable bonds is 3. The maximum Gasteiger partial charge on any atom is 0.264 e. The molecule has 1 aromatic rings. The first kappa shape index (κ1) is 13.5. The van der Waals surface area contributed by atoms with Crippen LogP contribution in [0.5, 0.6) is 0 Å². The normalized spacial score (nSPS) is 20.8. The van der Waals surface area contributed by atoms with Gasteiger partial charge in [0.15, 0.2) is 0 Å². The lowest BCUT2D eigenvalue weighted by Gasteiger charge is -2.46. The first-order valence-corrected chi connectivity index (χ1v) is 8.79. The first-order valence-electron chi connectivity index (χ1n) is 6.82. The molecular weight excluding hydrogens is 278 g/mol. The summed E-state index contributed by atoms with van der Waals surface area (Å²) in [5.41, 5.74) is 0.714. The summed E-state index contributed by atoms with van der Waals surface area (Å²) in [5.74, 6) is 2.31. The minimum Gasteiger partial charge on any atom is -0.386 e. The zero-order chi connectivity index (χ0) is 13.5. The molecule has 0 saturated carbocycles. The molecule has 2 aliphatic rings. The van der Waals surface area contributed by atoms with Crippen molar-refractivity contribution < 1.29 is 9.90 Å². The summed E-state index contributed by atoms with van der Waals surface area (Å²) in [5, 5.41) is 10.1. The highest BCUT2D eigenvalue weighted by molar-refractivity contribution is 7.98. The number of aryl methyl sites for hydroxylation is 1. The van der Waals surface area contributed by atoms with Crippen molar-refractivity contribution in [1.82, 2.24) is 4.90 Å². The van der Waals surface area contributed by atoms with Gasteiger partial charge in [-0.1, -0.05) is 13.3 Å². The predicted molar refractivity (Wildman–Crippen MR) is 79.9 cm³/mol. The molecule has 1 amide bonds. The Balaban J connectivity index is 1.67. The third-order valence-electron chi connectivity index (χ3n) is 3.81. The van der Waals surface area contributed by atoms with Crippen LogP contribution < -0.4 is 0 Å². The van der Waals surface area contributed by atoms with E-state index < -0.39 is 5.60 Å². The number of β-amino-alcohol motifs (C(OH)–C–C–N with tert-alkyl or cyclic N) is 1. The van der Waals surface area contributed by atoms with Crippen molar-refractivity contribution in [2.75, 3.05) is 18.8 Å². The van der Waals surface area contributed by atoms with Crippen LogP contribution in [0.25, 0.3) is 0 Å². The molecule has 2 aliphatic heterocycles. The molecule has 0 aliphatic carbocycles. The van der Waals surface area contributed by atoms with Crippen LogP contribution in [0.4, 0.5) is 0 Å². The maximum atomic E-state index is 12.4. The number of carbonyl (C=O) groups is 1. The average Bonchev–Trinajstić information content (AvgIpc) is 2.79. The minimum absolute atomic E-state index is 0.102. The molecule has 0 spiro atoms. The Morgan fingerprint density at radius 3 is 3.00 bits per heavy atom. The zero-order valence-electron chi connectivity index (χ0n) is 11.1. The minimum atomic E-state index is -0.628. The molecule has 19 heavy (non-hydrogen) atoms. The van der Waals surface area contributed by atoms with E-state index in [9.17, 15) is 9.90 Å². The zero-order valence-corrected chi connectivity index (χ0v) is 12.8. The van der Waals surface area contributed by atoms with Crippen molar-refractivity contribution in [2.24, 2.45) is 0 Å². The van der Waals surface area contributed by atoms with Gasteiger partial charge in [0.2, 0.25) is 0 Å². The van der Waals surface area contributed by atoms with E-state index >= 15 is 0 Å². The average molecular weight is 297 g/mol. The number of thioether (sulfide) groups is 1. The van der Waals surface area contributed by atoms with Crippen LogP contribution in [-0.4, -0.2) is 40.4 Å². The molecule has 5 heteroatoms. The van der Waals surface area contributed by atoms with E-state index in [1.807, 2.05) is 11.8 Å². The Hall–Kier alpha value is -0.520. The molecule has 0 bridgehead atoms. The van der Waals surface area contributed by atoms with Gasteiger partial charge in [-0.15, -0.1) is 11.3 Å². The van der Waals surface area contributed by atoms with Crippen LogP contribution in [0.15, 0.2) is 6.07 Å². The van der Waals surface area contributed by atoms with E-state index in [2.05, 4.69) is 13.0 Å². The van der Waals surface area contributed by atoms with E-state index in [4.69, 9.17) is 0 Å². The van der Waals surface area contributed by atoms with Crippen molar-refractivity contribution in [3.05, 3.63) is 21.4 Å². The second-order valence-corrected chi connectivity index (χ2v) is 7.74. The van der Waals surface area contributed by atoms with Crippen LogP contribution in [0.3, 0.4) is 0 Å². The molecule has 0 aromatic carbocycles. The standard InChI is InChI=1S/C14H19NO2S2/c1-2-4-14(17)8-15(9-14)13(16)12-6-10-7-18-5-3-11(10)19-12/h6,17H,2-5,7-9H2,1H3. The quantitative estimate of drug-likeness (QED) is 0.932. The van der Waals surface area contributed by atoms with Gasteiger partial charge in [0.25, 0.3) is 5.91 Å². The first-order chi connectivity index (χ1) is 9.11. The fourth-order valence-corrected chi connectivity index (χ4v) is 5.18. The van der Waals surface area contributed by atoms with Gasteiger partial charge in [-0.05, 0) is 30.2 Å². The number of thiophene rings is 1. The SMILES string of the molecule is CCCC1(O)CN(C(=O)c2cc3c(s2)CCSC3)C1. The summed E-state index contributed by atoms with van der Waals surface area (Å²) in [4.78, 5) is 16.4. The number of aliphatic hydroxyl groups is 1. The Bertz CT molecular complexity index is 468. The van der Waals surface area contributed by atoms with Crippen molar-refractivity contribution in [1.29, 1.82) is 0 Å². The largest absolute Gasteiger partial charge is 0.386 e. The van der Waals surface area contributed by atoms with E-state index in [0.29, 0.717) is 13.1 Å². The van der Waals surface area contributed by atoms with Gasteiger partial charge in [0.1, 0.15) is 0 Å². The molecule has 1 saturated heterocycles.